The van der Waals surface area contributed by atoms with Gasteiger partial charge in [0.2, 0.25) is 0 Å². The van der Waals surface area contributed by atoms with Crippen LogP contribution in [0.3, 0.4) is 0 Å². The summed E-state index contributed by atoms with van der Waals surface area (Å²) >= 11 is 0. The molecule has 0 bridgehead atoms. The number of pyridine rings is 1. The van der Waals surface area contributed by atoms with E-state index in [4.69, 9.17) is 0 Å². The molecule has 0 aliphatic heterocycles. The number of methoxy groups -OCH3 is 1. The first kappa shape index (κ1) is 25.5. The van der Waals surface area contributed by atoms with Crippen LogP contribution in [0.15, 0.2) is 47.7 Å². The molecule has 1 atom stereocenters. The van der Waals surface area contributed by atoms with Crippen molar-refractivity contribution in [3.05, 3.63) is 70.0 Å². The number of alkyl halides is 3. The fraction of sp³-hybridized carbons (Fsp3) is 0.423. The Kier molecular flexibility index (Phi) is 7.51. The van der Waals surface area contributed by atoms with E-state index in [1.165, 1.54) is 30.3 Å². The molecule has 0 saturated heterocycles. The van der Waals surface area contributed by atoms with E-state index in [1.807, 2.05) is 0 Å². The molecule has 0 radical (unpaired) electrons. The van der Waals surface area contributed by atoms with E-state index in [0.29, 0.717) is 12.1 Å². The quantitative estimate of drug-likeness (QED) is 0.427. The summed E-state index contributed by atoms with van der Waals surface area (Å²) in [4.78, 5) is 46.7. The van der Waals surface area contributed by atoms with E-state index in [-0.39, 0.29) is 34.6 Å². The summed E-state index contributed by atoms with van der Waals surface area (Å²) in [6.45, 7) is 0. The number of ketones is 1. The molecule has 1 aliphatic carbocycles. The minimum absolute atomic E-state index is 0.0208. The van der Waals surface area contributed by atoms with Crippen LogP contribution in [0, 0.1) is 5.92 Å². The molecule has 10 heteroatoms. The highest BCUT2D eigenvalue weighted by molar-refractivity contribution is 5.89. The number of carbonyl (C=O) groups excluding carboxylic acids is 2. The first-order valence-corrected chi connectivity index (χ1v) is 11.8. The predicted molar refractivity (Wildman–Crippen MR) is 126 cm³/mol. The lowest BCUT2D eigenvalue weighted by molar-refractivity contribution is -0.137. The number of hydrogen-bond acceptors (Lipinski definition) is 6. The lowest BCUT2D eigenvalue weighted by Crippen LogP contribution is -2.33. The van der Waals surface area contributed by atoms with E-state index in [1.54, 1.807) is 6.07 Å². The second-order valence-electron chi connectivity index (χ2n) is 9.12. The second-order valence-corrected chi connectivity index (χ2v) is 9.12. The third-order valence-corrected chi connectivity index (χ3v) is 6.70. The molecule has 1 aliphatic rings. The van der Waals surface area contributed by atoms with E-state index in [9.17, 15) is 27.6 Å². The van der Waals surface area contributed by atoms with Crippen molar-refractivity contribution >= 4 is 22.7 Å². The molecule has 1 unspecified atom stereocenters. The van der Waals surface area contributed by atoms with Crippen molar-refractivity contribution in [2.24, 2.45) is 5.92 Å². The number of carbonyl (C=O) groups is 2. The van der Waals surface area contributed by atoms with Crippen molar-refractivity contribution in [3.8, 4) is 0 Å². The molecule has 190 valence electrons. The molecular weight excluding hydrogens is 475 g/mol. The highest BCUT2D eigenvalue weighted by Crippen LogP contribution is 2.32. The van der Waals surface area contributed by atoms with Crippen LogP contribution in [0.2, 0.25) is 0 Å². The fourth-order valence-electron chi connectivity index (χ4n) is 4.74. The number of aromatic nitrogens is 3. The first-order chi connectivity index (χ1) is 17.2. The normalized spacial score (nSPS) is 15.6. The number of Topliss-reactive ketones (excluding diaryl/α,β-unsaturated/α-hetero) is 1. The SMILES string of the molecule is COC(=O)c1ccc(CC(=O)C(CC2CCCCC2)n2cnc3cc(C(F)(F)F)ccc3c2=O)nc1. The van der Waals surface area contributed by atoms with Gasteiger partial charge in [-0.1, -0.05) is 32.1 Å². The Morgan fingerprint density at radius 3 is 2.50 bits per heavy atom. The average Bonchev–Trinajstić information content (AvgIpc) is 2.87. The number of hydrogen-bond donors (Lipinski definition) is 0. The Morgan fingerprint density at radius 1 is 1.11 bits per heavy atom. The van der Waals surface area contributed by atoms with Crippen LogP contribution in [0.1, 0.15) is 66.2 Å². The maximum atomic E-state index is 13.5. The maximum Gasteiger partial charge on any atom is 0.416 e. The van der Waals surface area contributed by atoms with E-state index in [0.717, 1.165) is 50.3 Å². The molecule has 0 spiro atoms. The molecule has 0 amide bonds. The van der Waals surface area contributed by atoms with Crippen LogP contribution in [0.5, 0.6) is 0 Å². The van der Waals surface area contributed by atoms with Gasteiger partial charge in [0.25, 0.3) is 5.56 Å². The molecule has 1 fully saturated rings. The van der Waals surface area contributed by atoms with Gasteiger partial charge in [-0.2, -0.15) is 13.2 Å². The second kappa shape index (κ2) is 10.6. The number of nitrogens with zero attached hydrogens (tertiary/aromatic N) is 3. The zero-order chi connectivity index (χ0) is 25.9. The van der Waals surface area contributed by atoms with Gasteiger partial charge in [-0.05, 0) is 42.7 Å². The average molecular weight is 502 g/mol. The standard InChI is InChI=1S/C26H26F3N3O4/c1-36-25(35)17-7-9-19(30-14-17)13-23(33)22(11-16-5-3-2-4-6-16)32-15-31-21-12-18(26(27,28)29)8-10-20(21)24(32)34/h7-10,12,14-16,22H,2-6,11,13H2,1H3. The Labute approximate surface area is 205 Å². The zero-order valence-corrected chi connectivity index (χ0v) is 19.8. The third kappa shape index (κ3) is 5.63. The van der Waals surface area contributed by atoms with E-state index >= 15 is 0 Å². The summed E-state index contributed by atoms with van der Waals surface area (Å²) in [6, 6.07) is 5.04. The number of benzene rings is 1. The summed E-state index contributed by atoms with van der Waals surface area (Å²) in [5.74, 6) is -0.551. The fourth-order valence-corrected chi connectivity index (χ4v) is 4.74. The first-order valence-electron chi connectivity index (χ1n) is 11.8. The maximum absolute atomic E-state index is 13.5. The summed E-state index contributed by atoms with van der Waals surface area (Å²) in [6.07, 6.45) is 3.42. The van der Waals surface area contributed by atoms with Crippen LogP contribution in [-0.2, 0) is 22.1 Å². The molecule has 3 aromatic rings. The molecule has 1 saturated carbocycles. The van der Waals surface area contributed by atoms with Gasteiger partial charge in [-0.3, -0.25) is 19.1 Å². The topological polar surface area (TPSA) is 91.2 Å². The van der Waals surface area contributed by atoms with Crippen molar-refractivity contribution in [2.75, 3.05) is 7.11 Å². The molecule has 0 N–H and O–H groups in total. The van der Waals surface area contributed by atoms with Gasteiger partial charge in [0.1, 0.15) is 0 Å². The van der Waals surface area contributed by atoms with Crippen molar-refractivity contribution in [2.45, 2.75) is 57.2 Å². The van der Waals surface area contributed by atoms with Crippen molar-refractivity contribution in [3.63, 3.8) is 0 Å². The van der Waals surface area contributed by atoms with Gasteiger partial charge in [-0.25, -0.2) is 9.78 Å². The number of halogens is 3. The van der Waals surface area contributed by atoms with Crippen LogP contribution < -0.4 is 5.56 Å². The molecule has 1 aromatic carbocycles. The molecule has 7 nitrogen and oxygen atoms in total. The zero-order valence-electron chi connectivity index (χ0n) is 19.8. The predicted octanol–water partition coefficient (Wildman–Crippen LogP) is 4.92. The highest BCUT2D eigenvalue weighted by Gasteiger charge is 2.32. The number of esters is 1. The smallest absolute Gasteiger partial charge is 0.416 e. The lowest BCUT2D eigenvalue weighted by Gasteiger charge is -2.27. The molecule has 36 heavy (non-hydrogen) atoms. The monoisotopic (exact) mass is 501 g/mol. The minimum Gasteiger partial charge on any atom is -0.465 e. The van der Waals surface area contributed by atoms with Crippen molar-refractivity contribution in [1.29, 1.82) is 0 Å². The molecule has 2 aromatic heterocycles. The molecular formula is C26H26F3N3O4. The summed E-state index contributed by atoms with van der Waals surface area (Å²) < 4.78 is 45.2. The van der Waals surface area contributed by atoms with Gasteiger partial charge >= 0.3 is 12.1 Å². The van der Waals surface area contributed by atoms with Crippen molar-refractivity contribution in [1.82, 2.24) is 14.5 Å². The Bertz CT molecular complexity index is 1310. The lowest BCUT2D eigenvalue weighted by atomic mass is 9.83. The Hall–Kier alpha value is -3.56. The third-order valence-electron chi connectivity index (χ3n) is 6.70. The summed E-state index contributed by atoms with van der Waals surface area (Å²) in [5, 5.41) is 0.0208. The van der Waals surface area contributed by atoms with Gasteiger partial charge in [-0.15, -0.1) is 0 Å². The van der Waals surface area contributed by atoms with Crippen molar-refractivity contribution < 1.29 is 27.5 Å². The van der Waals surface area contributed by atoms with Crippen LogP contribution in [-0.4, -0.2) is 33.4 Å². The summed E-state index contributed by atoms with van der Waals surface area (Å²) in [5.41, 5.74) is -0.846. The van der Waals surface area contributed by atoms with Gasteiger partial charge < -0.3 is 4.74 Å². The number of rotatable bonds is 7. The van der Waals surface area contributed by atoms with E-state index in [2.05, 4.69) is 14.7 Å². The van der Waals surface area contributed by atoms with Crippen LogP contribution in [0.4, 0.5) is 13.2 Å². The molecule has 2 heterocycles. The largest absolute Gasteiger partial charge is 0.465 e. The van der Waals surface area contributed by atoms with Crippen LogP contribution in [0.25, 0.3) is 10.9 Å². The Morgan fingerprint density at radius 2 is 1.86 bits per heavy atom. The summed E-state index contributed by atoms with van der Waals surface area (Å²) in [7, 11) is 1.26. The van der Waals surface area contributed by atoms with Gasteiger partial charge in [0.15, 0.2) is 5.78 Å². The van der Waals surface area contributed by atoms with Crippen LogP contribution >= 0.6 is 0 Å². The van der Waals surface area contributed by atoms with Gasteiger partial charge in [0.05, 0.1) is 47.9 Å². The Balaban J connectivity index is 1.66. The van der Waals surface area contributed by atoms with E-state index < -0.39 is 29.3 Å². The highest BCUT2D eigenvalue weighted by atomic mass is 19.4. The van der Waals surface area contributed by atoms with Gasteiger partial charge in [0, 0.05) is 11.9 Å². The minimum atomic E-state index is -4.55. The molecule has 4 rings (SSSR count). The number of fused-ring (bicyclic) bond motifs is 1. The number of ether oxygens (including phenoxy) is 1.